The van der Waals surface area contributed by atoms with Crippen LogP contribution in [0.25, 0.3) is 11.1 Å². The number of nitrogens with zero attached hydrogens (tertiary/aromatic N) is 2. The molecule has 2 atom stereocenters. The van der Waals surface area contributed by atoms with Crippen molar-refractivity contribution in [3.63, 3.8) is 0 Å². The van der Waals surface area contributed by atoms with E-state index < -0.39 is 40.9 Å². The molecule has 1 aromatic heterocycles. The minimum absolute atomic E-state index is 0.117. The first-order valence-corrected chi connectivity index (χ1v) is 11.3. The number of carbonyl (C=O) groups is 1. The van der Waals surface area contributed by atoms with Gasteiger partial charge < -0.3 is 10.5 Å². The number of halogens is 4. The second-order valence-electron chi connectivity index (χ2n) is 7.71. The van der Waals surface area contributed by atoms with E-state index in [4.69, 9.17) is 10.5 Å². The van der Waals surface area contributed by atoms with Crippen LogP contribution in [0, 0.1) is 5.41 Å². The number of carbonyl (C=O) groups excluding carboxylic acids is 1. The molecule has 0 aliphatic carbocycles. The molecule has 174 valence electrons. The fourth-order valence-electron chi connectivity index (χ4n) is 3.41. The zero-order valence-electron chi connectivity index (χ0n) is 17.1. The van der Waals surface area contributed by atoms with E-state index >= 15 is 0 Å². The first-order chi connectivity index (χ1) is 15.1. The molecule has 2 heterocycles. The summed E-state index contributed by atoms with van der Waals surface area (Å²) < 4.78 is 67.9. The third-order valence-electron chi connectivity index (χ3n) is 5.51. The smallest absolute Gasteiger partial charge is 0.381 e. The standard InChI is InChI=1S/C21H23F4N3O3S/c22-17(21(23,24)25)5-6-18-27-11-15(12-28-18)14-1-3-16(4-2-14)32(30)13-20(19(26)29)7-9-31-10-8-20/h1-4,11-12,17H,5-10,13H2,(H2,26,29). The van der Waals surface area contributed by atoms with Gasteiger partial charge in [-0.25, -0.2) is 14.4 Å². The van der Waals surface area contributed by atoms with Gasteiger partial charge in [0, 0.05) is 48.2 Å². The summed E-state index contributed by atoms with van der Waals surface area (Å²) in [5.41, 5.74) is 6.05. The van der Waals surface area contributed by atoms with Crippen LogP contribution in [0.2, 0.25) is 0 Å². The van der Waals surface area contributed by atoms with Crippen LogP contribution in [0.3, 0.4) is 0 Å². The minimum Gasteiger partial charge on any atom is -0.381 e. The Morgan fingerprint density at radius 1 is 1.12 bits per heavy atom. The SMILES string of the molecule is NC(=O)C1(CS(=O)c2ccc(-c3cnc(CCC(F)C(F)(F)F)nc3)cc2)CCOCC1. The van der Waals surface area contributed by atoms with Crippen molar-refractivity contribution >= 4 is 16.7 Å². The number of primary amides is 1. The Bertz CT molecular complexity index is 946. The highest BCUT2D eigenvalue weighted by Crippen LogP contribution is 2.33. The van der Waals surface area contributed by atoms with E-state index in [1.54, 1.807) is 24.3 Å². The number of hydrogen-bond donors (Lipinski definition) is 1. The van der Waals surface area contributed by atoms with Crippen molar-refractivity contribution < 1.29 is 31.3 Å². The second kappa shape index (κ2) is 10.0. The lowest BCUT2D eigenvalue weighted by atomic mass is 9.81. The maximum Gasteiger partial charge on any atom is 0.419 e. The molecule has 32 heavy (non-hydrogen) atoms. The predicted molar refractivity (Wildman–Crippen MR) is 110 cm³/mol. The number of alkyl halides is 4. The van der Waals surface area contributed by atoms with Gasteiger partial charge in [-0.05, 0) is 37.0 Å². The molecule has 1 saturated heterocycles. The summed E-state index contributed by atoms with van der Waals surface area (Å²) in [6.45, 7) is 0.800. The van der Waals surface area contributed by atoms with Gasteiger partial charge in [-0.1, -0.05) is 12.1 Å². The highest BCUT2D eigenvalue weighted by molar-refractivity contribution is 7.85. The molecule has 2 aromatic rings. The van der Waals surface area contributed by atoms with E-state index in [2.05, 4.69) is 9.97 Å². The lowest BCUT2D eigenvalue weighted by Gasteiger charge is -2.33. The molecule has 0 bridgehead atoms. The van der Waals surface area contributed by atoms with E-state index in [-0.39, 0.29) is 18.0 Å². The second-order valence-corrected chi connectivity index (χ2v) is 9.16. The first-order valence-electron chi connectivity index (χ1n) is 9.99. The van der Waals surface area contributed by atoms with Crippen LogP contribution < -0.4 is 5.73 Å². The number of ether oxygens (including phenoxy) is 1. The number of aryl methyl sites for hydroxylation is 1. The topological polar surface area (TPSA) is 95.2 Å². The normalized spacial score (nSPS) is 18.1. The molecule has 1 fully saturated rings. The quantitative estimate of drug-likeness (QED) is 0.594. The van der Waals surface area contributed by atoms with Crippen molar-refractivity contribution in [2.24, 2.45) is 11.1 Å². The van der Waals surface area contributed by atoms with Gasteiger partial charge in [-0.15, -0.1) is 0 Å². The minimum atomic E-state index is -4.89. The van der Waals surface area contributed by atoms with Gasteiger partial charge in [0.05, 0.1) is 16.2 Å². The summed E-state index contributed by atoms with van der Waals surface area (Å²) in [7, 11) is -1.44. The summed E-state index contributed by atoms with van der Waals surface area (Å²) in [5, 5.41) is 0. The van der Waals surface area contributed by atoms with Crippen LogP contribution in [0.4, 0.5) is 17.6 Å². The lowest BCUT2D eigenvalue weighted by Crippen LogP contribution is -2.45. The number of rotatable bonds is 8. The molecule has 0 radical (unpaired) electrons. The van der Waals surface area contributed by atoms with Crippen molar-refractivity contribution in [3.05, 3.63) is 42.5 Å². The van der Waals surface area contributed by atoms with Gasteiger partial charge in [0.1, 0.15) is 5.82 Å². The molecule has 2 unspecified atom stereocenters. The zero-order valence-corrected chi connectivity index (χ0v) is 17.9. The Hall–Kier alpha value is -2.40. The van der Waals surface area contributed by atoms with Crippen LogP contribution >= 0.6 is 0 Å². The van der Waals surface area contributed by atoms with E-state index in [9.17, 15) is 26.6 Å². The number of benzene rings is 1. The lowest BCUT2D eigenvalue weighted by molar-refractivity contribution is -0.181. The van der Waals surface area contributed by atoms with Gasteiger partial charge in [0.2, 0.25) is 5.91 Å². The number of nitrogens with two attached hydrogens (primary N) is 1. The van der Waals surface area contributed by atoms with Crippen LogP contribution in [-0.4, -0.2) is 51.4 Å². The number of aromatic nitrogens is 2. The molecular formula is C21H23F4N3O3S. The average molecular weight is 473 g/mol. The molecule has 1 aliphatic rings. The molecule has 1 aliphatic heterocycles. The van der Waals surface area contributed by atoms with Gasteiger partial charge in [-0.2, -0.15) is 13.2 Å². The van der Waals surface area contributed by atoms with Crippen molar-refractivity contribution in [1.82, 2.24) is 9.97 Å². The monoisotopic (exact) mass is 473 g/mol. The van der Waals surface area contributed by atoms with Gasteiger partial charge in [0.15, 0.2) is 6.17 Å². The third kappa shape index (κ3) is 5.89. The first kappa shape index (κ1) is 24.2. The van der Waals surface area contributed by atoms with Crippen LogP contribution in [0.15, 0.2) is 41.6 Å². The van der Waals surface area contributed by atoms with Gasteiger partial charge >= 0.3 is 6.18 Å². The molecule has 6 nitrogen and oxygen atoms in total. The van der Waals surface area contributed by atoms with Gasteiger partial charge in [0.25, 0.3) is 0 Å². The van der Waals surface area contributed by atoms with Crippen LogP contribution in [-0.2, 0) is 26.8 Å². The summed E-state index contributed by atoms with van der Waals surface area (Å²) in [6, 6.07) is 6.77. The Balaban J connectivity index is 1.63. The maximum atomic E-state index is 13.0. The van der Waals surface area contributed by atoms with Crippen molar-refractivity contribution in [2.45, 2.75) is 42.9 Å². The summed E-state index contributed by atoms with van der Waals surface area (Å²) >= 11 is 0. The van der Waals surface area contributed by atoms with E-state index in [0.29, 0.717) is 42.1 Å². The summed E-state index contributed by atoms with van der Waals surface area (Å²) in [4.78, 5) is 20.5. The van der Waals surface area contributed by atoms with E-state index in [1.807, 2.05) is 0 Å². The molecule has 0 saturated carbocycles. The Morgan fingerprint density at radius 3 is 2.25 bits per heavy atom. The fraction of sp³-hybridized carbons (Fsp3) is 0.476. The summed E-state index contributed by atoms with van der Waals surface area (Å²) in [6.07, 6.45) is -5.01. The zero-order chi connectivity index (χ0) is 23.4. The Morgan fingerprint density at radius 2 is 1.72 bits per heavy atom. The maximum absolute atomic E-state index is 13.0. The van der Waals surface area contributed by atoms with Crippen molar-refractivity contribution in [3.8, 4) is 11.1 Å². The third-order valence-corrected chi connectivity index (χ3v) is 7.13. The number of amides is 1. The van der Waals surface area contributed by atoms with Crippen LogP contribution in [0.1, 0.15) is 25.1 Å². The molecular weight excluding hydrogens is 450 g/mol. The summed E-state index contributed by atoms with van der Waals surface area (Å²) in [5.74, 6) is -0.236. The molecule has 2 N–H and O–H groups in total. The molecule has 0 spiro atoms. The van der Waals surface area contributed by atoms with Crippen LogP contribution in [0.5, 0.6) is 0 Å². The van der Waals surface area contributed by atoms with Crippen molar-refractivity contribution in [1.29, 1.82) is 0 Å². The van der Waals surface area contributed by atoms with Crippen molar-refractivity contribution in [2.75, 3.05) is 19.0 Å². The molecule has 1 amide bonds. The highest BCUT2D eigenvalue weighted by atomic mass is 32.2. The van der Waals surface area contributed by atoms with E-state index in [0.717, 1.165) is 0 Å². The van der Waals surface area contributed by atoms with E-state index in [1.165, 1.54) is 12.4 Å². The Labute approximate surface area is 185 Å². The average Bonchev–Trinajstić information content (AvgIpc) is 2.77. The van der Waals surface area contributed by atoms with Gasteiger partial charge in [-0.3, -0.25) is 9.00 Å². The largest absolute Gasteiger partial charge is 0.419 e. The molecule has 11 heteroatoms. The fourth-order valence-corrected chi connectivity index (χ4v) is 4.95. The highest BCUT2D eigenvalue weighted by Gasteiger charge is 2.40. The molecule has 3 rings (SSSR count). The molecule has 1 aromatic carbocycles. The predicted octanol–water partition coefficient (Wildman–Crippen LogP) is 3.37. The number of hydrogen-bond acceptors (Lipinski definition) is 5. The Kier molecular flexibility index (Phi) is 7.60.